The number of Topliss-reactive ketones (excluding diaryl/α,β-unsaturated/α-hetero) is 2. The van der Waals surface area contributed by atoms with E-state index in [0.29, 0.717) is 23.5 Å². The third-order valence-electron chi connectivity index (χ3n) is 6.76. The van der Waals surface area contributed by atoms with Crippen LogP contribution < -0.4 is 10.1 Å². The number of hydrogen-bond donors (Lipinski definition) is 2. The topological polar surface area (TPSA) is 110 Å². The first kappa shape index (κ1) is 27.7. The van der Waals surface area contributed by atoms with Gasteiger partial charge in [-0.05, 0) is 66.3 Å². The lowest BCUT2D eigenvalue weighted by atomic mass is 9.93. The molecule has 0 saturated carbocycles. The fraction of sp³-hybridized carbons (Fsp3) is 0.290. The zero-order chi connectivity index (χ0) is 27.8. The van der Waals surface area contributed by atoms with Crippen LogP contribution in [0.1, 0.15) is 42.4 Å². The molecule has 0 aromatic heterocycles. The monoisotopic (exact) mass is 531 g/mol. The van der Waals surface area contributed by atoms with Gasteiger partial charge >= 0.3 is 5.97 Å². The Balaban J connectivity index is 1.61. The maximum absolute atomic E-state index is 14.1. The van der Waals surface area contributed by atoms with Gasteiger partial charge < -0.3 is 15.2 Å². The normalized spacial score (nSPS) is 18.1. The molecule has 39 heavy (non-hydrogen) atoms. The number of aryl methyl sites for hydroxylation is 2. The lowest BCUT2D eigenvalue weighted by molar-refractivity contribution is -0.142. The van der Waals surface area contributed by atoms with Crippen LogP contribution in [-0.4, -0.2) is 34.6 Å². The van der Waals surface area contributed by atoms with Crippen LogP contribution in [0.25, 0.3) is 0 Å². The molecule has 1 amide bonds. The van der Waals surface area contributed by atoms with Crippen LogP contribution in [-0.2, 0) is 38.4 Å². The molecule has 0 unspecified atom stereocenters. The van der Waals surface area contributed by atoms with Gasteiger partial charge in [0.15, 0.2) is 5.78 Å². The number of carboxylic acid groups (broad SMARTS) is 1. The molecule has 2 aliphatic heterocycles. The van der Waals surface area contributed by atoms with Crippen LogP contribution in [0.4, 0.5) is 4.39 Å². The highest BCUT2D eigenvalue weighted by Crippen LogP contribution is 2.25. The van der Waals surface area contributed by atoms with Gasteiger partial charge in [-0.25, -0.2) is 4.39 Å². The Morgan fingerprint density at radius 1 is 0.897 bits per heavy atom. The molecule has 2 heterocycles. The molecule has 0 radical (unpaired) electrons. The van der Waals surface area contributed by atoms with Crippen molar-refractivity contribution in [1.82, 2.24) is 5.32 Å². The van der Waals surface area contributed by atoms with Crippen LogP contribution in [0, 0.1) is 11.7 Å². The summed E-state index contributed by atoms with van der Waals surface area (Å²) < 4.78 is 20.1. The zero-order valence-corrected chi connectivity index (χ0v) is 21.4. The summed E-state index contributed by atoms with van der Waals surface area (Å²) in [5.41, 5.74) is 2.01. The number of ketones is 2. The van der Waals surface area contributed by atoms with Crippen molar-refractivity contribution in [3.63, 3.8) is 0 Å². The van der Waals surface area contributed by atoms with E-state index in [0.717, 1.165) is 11.1 Å². The summed E-state index contributed by atoms with van der Waals surface area (Å²) in [7, 11) is 0. The number of amides is 1. The zero-order valence-electron chi connectivity index (χ0n) is 21.4. The molecule has 0 aliphatic carbocycles. The van der Waals surface area contributed by atoms with Gasteiger partial charge in [0, 0.05) is 19.3 Å². The number of hydrogen-bond acceptors (Lipinski definition) is 5. The average molecular weight is 532 g/mol. The van der Waals surface area contributed by atoms with Crippen molar-refractivity contribution in [3.05, 3.63) is 95.3 Å². The third-order valence-corrected chi connectivity index (χ3v) is 6.76. The minimum Gasteiger partial charge on any atom is -0.481 e. The van der Waals surface area contributed by atoms with Gasteiger partial charge in [-0.2, -0.15) is 0 Å². The molecule has 5 rings (SSSR count). The molecule has 2 N–H and O–H groups in total. The maximum Gasteiger partial charge on any atom is 0.304 e. The fourth-order valence-electron chi connectivity index (χ4n) is 4.63. The predicted octanol–water partition coefficient (Wildman–Crippen LogP) is 4.84. The van der Waals surface area contributed by atoms with Crippen molar-refractivity contribution in [2.75, 3.05) is 0 Å². The summed E-state index contributed by atoms with van der Waals surface area (Å²) in [5.74, 6) is -2.78. The van der Waals surface area contributed by atoms with Gasteiger partial charge in [-0.15, -0.1) is 0 Å². The second kappa shape index (κ2) is 13.0. The van der Waals surface area contributed by atoms with Crippen molar-refractivity contribution < 1.29 is 33.4 Å². The molecule has 202 valence electrons. The van der Waals surface area contributed by atoms with E-state index in [-0.39, 0.29) is 43.7 Å². The summed E-state index contributed by atoms with van der Waals surface area (Å²) in [6.07, 6.45) is 0.0287. The van der Waals surface area contributed by atoms with Crippen molar-refractivity contribution in [2.45, 2.75) is 51.0 Å². The molecule has 7 nitrogen and oxygen atoms in total. The molecule has 0 saturated heterocycles. The highest BCUT2D eigenvalue weighted by Gasteiger charge is 2.29. The average Bonchev–Trinajstić information content (AvgIpc) is 2.91. The van der Waals surface area contributed by atoms with Gasteiger partial charge in [-0.3, -0.25) is 19.2 Å². The molecule has 2 aliphatic rings. The number of ether oxygens (including phenoxy) is 1. The minimum absolute atomic E-state index is 0.0226. The van der Waals surface area contributed by atoms with E-state index in [1.54, 1.807) is 42.5 Å². The van der Waals surface area contributed by atoms with Crippen LogP contribution in [0.2, 0.25) is 0 Å². The standard InChI is InChI=1S/C31H30FNO6/c32-27-7-2-1-5-22(27)11-15-29(35)28-17-21-9-13-25(14-10-21)39-26-6-3-4-20(16-26)8-12-24(34)18-23(19-30(36)37)31(38)33-28/h1-7,9-10,13-14,16,23,28H,8,11-12,15,17-19H2,(H,33,38)(H,36,37)/t23-,28-/m0/s1. The summed E-state index contributed by atoms with van der Waals surface area (Å²) in [6.45, 7) is 0. The van der Waals surface area contributed by atoms with E-state index in [1.165, 1.54) is 6.07 Å². The first-order valence-electron chi connectivity index (χ1n) is 12.9. The van der Waals surface area contributed by atoms with Gasteiger partial charge in [0.05, 0.1) is 18.4 Å². The maximum atomic E-state index is 14.1. The number of benzene rings is 3. The summed E-state index contributed by atoms with van der Waals surface area (Å²) in [6, 6.07) is 19.7. The third kappa shape index (κ3) is 8.07. The highest BCUT2D eigenvalue weighted by molar-refractivity contribution is 5.93. The SMILES string of the molecule is O=C(O)C[C@@H]1CC(=O)CCc2cccc(c2)Oc2ccc(cc2)C[C@@H](C(=O)CCc2ccccc2F)NC1=O. The first-order valence-corrected chi connectivity index (χ1v) is 12.9. The van der Waals surface area contributed by atoms with E-state index in [2.05, 4.69) is 5.32 Å². The number of halogens is 1. The van der Waals surface area contributed by atoms with Gasteiger partial charge in [0.1, 0.15) is 23.1 Å². The second-order valence-electron chi connectivity index (χ2n) is 9.75. The Kier molecular flexibility index (Phi) is 9.20. The molecule has 2 atom stereocenters. The number of rotatable bonds is 6. The molecular formula is C31H30FNO6. The second-order valence-corrected chi connectivity index (χ2v) is 9.75. The number of fused-ring (bicyclic) bond motifs is 10. The Hall–Kier alpha value is -4.33. The lowest BCUT2D eigenvalue weighted by Gasteiger charge is -2.22. The molecular weight excluding hydrogens is 501 g/mol. The van der Waals surface area contributed by atoms with Crippen molar-refractivity contribution in [3.8, 4) is 11.5 Å². The summed E-state index contributed by atoms with van der Waals surface area (Å²) in [4.78, 5) is 50.8. The van der Waals surface area contributed by atoms with Gasteiger partial charge in [0.2, 0.25) is 5.91 Å². The van der Waals surface area contributed by atoms with E-state index < -0.39 is 36.1 Å². The molecule has 3 aromatic rings. The van der Waals surface area contributed by atoms with Crippen LogP contribution >= 0.6 is 0 Å². The Morgan fingerprint density at radius 3 is 2.41 bits per heavy atom. The molecule has 4 bridgehead atoms. The predicted molar refractivity (Wildman–Crippen MR) is 142 cm³/mol. The van der Waals surface area contributed by atoms with Crippen LogP contribution in [0.3, 0.4) is 0 Å². The minimum atomic E-state index is -1.21. The van der Waals surface area contributed by atoms with Gasteiger partial charge in [-0.1, -0.05) is 42.5 Å². The Labute approximate surface area is 226 Å². The van der Waals surface area contributed by atoms with E-state index in [1.807, 2.05) is 24.3 Å². The van der Waals surface area contributed by atoms with E-state index >= 15 is 0 Å². The van der Waals surface area contributed by atoms with Crippen LogP contribution in [0.5, 0.6) is 11.5 Å². The molecule has 0 spiro atoms. The van der Waals surface area contributed by atoms with Crippen molar-refractivity contribution in [2.24, 2.45) is 5.92 Å². The number of carboxylic acids is 1. The fourth-order valence-corrected chi connectivity index (χ4v) is 4.63. The van der Waals surface area contributed by atoms with Crippen molar-refractivity contribution >= 4 is 23.4 Å². The Bertz CT molecular complexity index is 1350. The number of aliphatic carboxylic acids is 1. The van der Waals surface area contributed by atoms with Crippen molar-refractivity contribution in [1.29, 1.82) is 0 Å². The molecule has 8 heteroatoms. The smallest absolute Gasteiger partial charge is 0.304 e. The number of nitrogens with one attached hydrogen (secondary N) is 1. The molecule has 3 aromatic carbocycles. The van der Waals surface area contributed by atoms with E-state index in [9.17, 15) is 28.7 Å². The van der Waals surface area contributed by atoms with Gasteiger partial charge in [0.25, 0.3) is 0 Å². The van der Waals surface area contributed by atoms with Crippen LogP contribution in [0.15, 0.2) is 72.8 Å². The Morgan fingerprint density at radius 2 is 1.67 bits per heavy atom. The lowest BCUT2D eigenvalue weighted by Crippen LogP contribution is -2.46. The highest BCUT2D eigenvalue weighted by atomic mass is 19.1. The number of carbonyl (C=O) groups excluding carboxylic acids is 3. The van der Waals surface area contributed by atoms with E-state index in [4.69, 9.17) is 4.74 Å². The molecule has 0 fully saturated rings. The number of carbonyl (C=O) groups is 4. The summed E-state index contributed by atoms with van der Waals surface area (Å²) in [5, 5.41) is 12.1. The quantitative estimate of drug-likeness (QED) is 0.471. The summed E-state index contributed by atoms with van der Waals surface area (Å²) >= 11 is 0. The first-order chi connectivity index (χ1) is 18.8. The largest absolute Gasteiger partial charge is 0.481 e.